The van der Waals surface area contributed by atoms with Crippen molar-refractivity contribution in [3.63, 3.8) is 0 Å². The summed E-state index contributed by atoms with van der Waals surface area (Å²) in [6.45, 7) is 3.67. The van der Waals surface area contributed by atoms with Crippen LogP contribution in [0.5, 0.6) is 0 Å². The molecular formula is C19H22F3N5O. The van der Waals surface area contributed by atoms with E-state index in [1.54, 1.807) is 0 Å². The Morgan fingerprint density at radius 1 is 1.11 bits per heavy atom. The average Bonchev–Trinajstić information content (AvgIpc) is 3.48. The molecule has 150 valence electrons. The minimum Gasteiger partial charge on any atom is -0.356 e. The number of aromatic nitrogens is 4. The van der Waals surface area contributed by atoms with Gasteiger partial charge >= 0.3 is 6.18 Å². The highest BCUT2D eigenvalue weighted by Gasteiger charge is 2.33. The Hall–Kier alpha value is -2.45. The Kier molecular flexibility index (Phi) is 4.84. The predicted octanol–water partition coefficient (Wildman–Crippen LogP) is 3.15. The van der Waals surface area contributed by atoms with Gasteiger partial charge in [0.2, 0.25) is 0 Å². The van der Waals surface area contributed by atoms with Gasteiger partial charge in [0, 0.05) is 43.4 Å². The summed E-state index contributed by atoms with van der Waals surface area (Å²) in [7, 11) is 0. The third-order valence-electron chi connectivity index (χ3n) is 5.33. The van der Waals surface area contributed by atoms with Gasteiger partial charge in [-0.2, -0.15) is 18.3 Å². The summed E-state index contributed by atoms with van der Waals surface area (Å²) < 4.78 is 39.5. The minimum atomic E-state index is -4.55. The van der Waals surface area contributed by atoms with E-state index in [9.17, 15) is 18.0 Å². The number of anilines is 1. The molecule has 0 atom stereocenters. The molecule has 1 aliphatic carbocycles. The first-order chi connectivity index (χ1) is 13.3. The van der Waals surface area contributed by atoms with Crippen LogP contribution in [-0.4, -0.2) is 32.8 Å². The van der Waals surface area contributed by atoms with Crippen LogP contribution in [0.3, 0.4) is 0 Å². The van der Waals surface area contributed by atoms with Crippen LogP contribution < -0.4 is 10.5 Å². The van der Waals surface area contributed by atoms with Crippen LogP contribution in [-0.2, 0) is 12.7 Å². The molecule has 1 saturated carbocycles. The molecule has 0 unspecified atom stereocenters. The van der Waals surface area contributed by atoms with E-state index in [1.165, 1.54) is 0 Å². The molecule has 0 bridgehead atoms. The second-order valence-electron chi connectivity index (χ2n) is 7.67. The van der Waals surface area contributed by atoms with Gasteiger partial charge in [-0.1, -0.05) is 0 Å². The molecule has 0 amide bonds. The first-order valence-corrected chi connectivity index (χ1v) is 9.55. The monoisotopic (exact) mass is 393 g/mol. The second-order valence-corrected chi connectivity index (χ2v) is 7.67. The van der Waals surface area contributed by atoms with Gasteiger partial charge in [-0.3, -0.25) is 4.79 Å². The number of halogens is 3. The molecule has 9 heteroatoms. The highest BCUT2D eigenvalue weighted by Crippen LogP contribution is 2.39. The summed E-state index contributed by atoms with van der Waals surface area (Å²) in [5.41, 5.74) is -0.585. The zero-order valence-electron chi connectivity index (χ0n) is 15.6. The van der Waals surface area contributed by atoms with Crippen molar-refractivity contribution in [3.05, 3.63) is 45.8 Å². The Morgan fingerprint density at radius 3 is 2.46 bits per heavy atom. The Labute approximate surface area is 160 Å². The average molecular weight is 393 g/mol. The standard InChI is InChI=1S/C19H22F3N5O/c1-12-10-16(24-18(23-12)14-2-3-14)26-8-6-13(7-9-26)11-27-17(28)5-4-15(25-27)19(20,21)22/h4-5,10,13-14H,2-3,6-9,11H2,1H3. The maximum absolute atomic E-state index is 12.8. The minimum absolute atomic E-state index is 0.107. The molecule has 0 spiro atoms. The molecule has 2 fully saturated rings. The molecule has 1 aliphatic heterocycles. The molecule has 0 radical (unpaired) electrons. The third-order valence-corrected chi connectivity index (χ3v) is 5.33. The lowest BCUT2D eigenvalue weighted by Crippen LogP contribution is -2.37. The number of alkyl halides is 3. The van der Waals surface area contributed by atoms with Crippen molar-refractivity contribution in [1.29, 1.82) is 0 Å². The van der Waals surface area contributed by atoms with Crippen LogP contribution in [0.4, 0.5) is 19.0 Å². The molecule has 2 aromatic rings. The fourth-order valence-electron chi connectivity index (χ4n) is 3.58. The lowest BCUT2D eigenvalue weighted by Gasteiger charge is -2.33. The predicted molar refractivity (Wildman–Crippen MR) is 97.2 cm³/mol. The van der Waals surface area contributed by atoms with Crippen LogP contribution in [0, 0.1) is 12.8 Å². The van der Waals surface area contributed by atoms with E-state index in [1.807, 2.05) is 13.0 Å². The third kappa shape index (κ3) is 4.18. The van der Waals surface area contributed by atoms with Crippen LogP contribution in [0.1, 0.15) is 48.8 Å². The van der Waals surface area contributed by atoms with E-state index < -0.39 is 17.4 Å². The van der Waals surface area contributed by atoms with Crippen molar-refractivity contribution in [2.75, 3.05) is 18.0 Å². The van der Waals surface area contributed by atoms with Crippen LogP contribution in [0.2, 0.25) is 0 Å². The van der Waals surface area contributed by atoms with Gasteiger partial charge in [-0.25, -0.2) is 14.6 Å². The molecule has 28 heavy (non-hydrogen) atoms. The van der Waals surface area contributed by atoms with E-state index >= 15 is 0 Å². The smallest absolute Gasteiger partial charge is 0.356 e. The summed E-state index contributed by atoms with van der Waals surface area (Å²) in [4.78, 5) is 23.3. The summed E-state index contributed by atoms with van der Waals surface area (Å²) >= 11 is 0. The van der Waals surface area contributed by atoms with Gasteiger partial charge in [-0.15, -0.1) is 0 Å². The summed E-state index contributed by atoms with van der Waals surface area (Å²) in [6.07, 6.45) is -0.727. The molecule has 2 aliphatic rings. The Morgan fingerprint density at radius 2 is 1.82 bits per heavy atom. The fraction of sp³-hybridized carbons (Fsp3) is 0.579. The summed E-state index contributed by atoms with van der Waals surface area (Å²) in [5, 5.41) is 3.51. The van der Waals surface area contributed by atoms with Crippen LogP contribution in [0.25, 0.3) is 0 Å². The van der Waals surface area contributed by atoms with E-state index in [2.05, 4.69) is 15.0 Å². The van der Waals surface area contributed by atoms with Crippen molar-refractivity contribution in [1.82, 2.24) is 19.7 Å². The number of hydrogen-bond donors (Lipinski definition) is 0. The van der Waals surface area contributed by atoms with Crippen LogP contribution in [0.15, 0.2) is 23.0 Å². The molecular weight excluding hydrogens is 371 g/mol. The number of hydrogen-bond acceptors (Lipinski definition) is 5. The Balaban J connectivity index is 1.42. The topological polar surface area (TPSA) is 63.9 Å². The van der Waals surface area contributed by atoms with E-state index in [0.29, 0.717) is 5.92 Å². The second kappa shape index (κ2) is 7.18. The Bertz CT molecular complexity index is 915. The molecule has 1 saturated heterocycles. The van der Waals surface area contributed by atoms with Crippen molar-refractivity contribution < 1.29 is 13.2 Å². The van der Waals surface area contributed by atoms with Crippen molar-refractivity contribution in [2.45, 2.75) is 51.2 Å². The van der Waals surface area contributed by atoms with Gasteiger partial charge in [-0.05, 0) is 44.6 Å². The molecule has 2 aromatic heterocycles. The van der Waals surface area contributed by atoms with Gasteiger partial charge in [0.05, 0.1) is 0 Å². The van der Waals surface area contributed by atoms with E-state index in [4.69, 9.17) is 4.98 Å². The van der Waals surface area contributed by atoms with Crippen molar-refractivity contribution in [2.24, 2.45) is 5.92 Å². The van der Waals surface area contributed by atoms with Gasteiger partial charge in [0.15, 0.2) is 5.69 Å². The molecule has 4 rings (SSSR count). The lowest BCUT2D eigenvalue weighted by atomic mass is 9.97. The fourth-order valence-corrected chi connectivity index (χ4v) is 3.58. The largest absolute Gasteiger partial charge is 0.435 e. The highest BCUT2D eigenvalue weighted by atomic mass is 19.4. The maximum Gasteiger partial charge on any atom is 0.435 e. The quantitative estimate of drug-likeness (QED) is 0.799. The number of nitrogens with zero attached hydrogens (tertiary/aromatic N) is 5. The van der Waals surface area contributed by atoms with Crippen molar-refractivity contribution in [3.8, 4) is 0 Å². The van der Waals surface area contributed by atoms with Crippen LogP contribution >= 0.6 is 0 Å². The first-order valence-electron chi connectivity index (χ1n) is 9.55. The van der Waals surface area contributed by atoms with Gasteiger partial charge in [0.1, 0.15) is 11.6 Å². The molecule has 0 aromatic carbocycles. The number of aryl methyl sites for hydroxylation is 1. The molecule has 6 nitrogen and oxygen atoms in total. The van der Waals surface area contributed by atoms with Gasteiger partial charge < -0.3 is 4.90 Å². The zero-order chi connectivity index (χ0) is 19.9. The SMILES string of the molecule is Cc1cc(N2CCC(Cn3nc(C(F)(F)F)ccc3=O)CC2)nc(C2CC2)n1. The molecule has 3 heterocycles. The number of piperidine rings is 1. The normalized spacial score (nSPS) is 18.5. The lowest BCUT2D eigenvalue weighted by molar-refractivity contribution is -0.142. The van der Waals surface area contributed by atoms with Gasteiger partial charge in [0.25, 0.3) is 5.56 Å². The maximum atomic E-state index is 12.8. The van der Waals surface area contributed by atoms with E-state index in [-0.39, 0.29) is 12.5 Å². The zero-order valence-corrected chi connectivity index (χ0v) is 15.6. The first kappa shape index (κ1) is 18.9. The highest BCUT2D eigenvalue weighted by molar-refractivity contribution is 5.40. The summed E-state index contributed by atoms with van der Waals surface area (Å²) in [5.74, 6) is 2.42. The van der Waals surface area contributed by atoms with E-state index in [0.717, 1.165) is 72.9 Å². The number of rotatable bonds is 4. The summed E-state index contributed by atoms with van der Waals surface area (Å²) in [6, 6.07) is 3.65. The van der Waals surface area contributed by atoms with Crippen molar-refractivity contribution >= 4 is 5.82 Å². The molecule has 0 N–H and O–H groups in total.